The van der Waals surface area contributed by atoms with Crippen molar-refractivity contribution in [2.45, 2.75) is 26.7 Å². The predicted molar refractivity (Wildman–Crippen MR) is 97.1 cm³/mol. The Labute approximate surface area is 150 Å². The molecule has 1 aliphatic rings. The molecule has 0 atom stereocenters. The maximum absolute atomic E-state index is 12.3. The van der Waals surface area contributed by atoms with Gasteiger partial charge in [0.05, 0.1) is 4.92 Å². The van der Waals surface area contributed by atoms with Gasteiger partial charge in [-0.25, -0.2) is 9.97 Å². The van der Waals surface area contributed by atoms with Crippen LogP contribution < -0.4 is 15.8 Å². The van der Waals surface area contributed by atoms with E-state index in [0.717, 1.165) is 37.3 Å². The van der Waals surface area contributed by atoms with Crippen molar-refractivity contribution < 1.29 is 9.72 Å². The van der Waals surface area contributed by atoms with E-state index in [1.165, 1.54) is 6.07 Å². The summed E-state index contributed by atoms with van der Waals surface area (Å²) in [6, 6.07) is 6.33. The van der Waals surface area contributed by atoms with Crippen LogP contribution in [0.2, 0.25) is 0 Å². The molecule has 1 amide bonds. The van der Waals surface area contributed by atoms with Gasteiger partial charge in [-0.2, -0.15) is 0 Å². The van der Waals surface area contributed by atoms with E-state index in [4.69, 9.17) is 0 Å². The highest BCUT2D eigenvalue weighted by atomic mass is 16.6. The van der Waals surface area contributed by atoms with Crippen molar-refractivity contribution >= 4 is 23.2 Å². The number of hydrazine groups is 1. The molecule has 0 radical (unpaired) electrons. The molecule has 1 saturated heterocycles. The minimum absolute atomic E-state index is 0.0674. The fraction of sp³-hybridized carbons (Fsp3) is 0.353. The number of nitro benzene ring substituents is 1. The lowest BCUT2D eigenvalue weighted by molar-refractivity contribution is -0.384. The van der Waals surface area contributed by atoms with Crippen LogP contribution in [-0.2, 0) is 0 Å². The van der Waals surface area contributed by atoms with Crippen LogP contribution in [-0.4, -0.2) is 33.9 Å². The molecule has 1 aliphatic heterocycles. The average molecular weight is 356 g/mol. The number of nitrogens with one attached hydrogen (secondary N) is 2. The van der Waals surface area contributed by atoms with Crippen LogP contribution >= 0.6 is 0 Å². The van der Waals surface area contributed by atoms with E-state index in [1.54, 1.807) is 12.1 Å². The van der Waals surface area contributed by atoms with Gasteiger partial charge in [0, 0.05) is 36.1 Å². The predicted octanol–water partition coefficient (Wildman–Crippen LogP) is 2.36. The summed E-state index contributed by atoms with van der Waals surface area (Å²) >= 11 is 0. The summed E-state index contributed by atoms with van der Waals surface area (Å²) in [5.74, 6) is -0.233. The van der Waals surface area contributed by atoms with Crippen LogP contribution in [0.25, 0.3) is 0 Å². The third-order valence-corrected chi connectivity index (χ3v) is 4.15. The Morgan fingerprint density at radius 1 is 1.15 bits per heavy atom. The summed E-state index contributed by atoms with van der Waals surface area (Å²) in [4.78, 5) is 33.6. The second-order valence-corrected chi connectivity index (χ2v) is 6.21. The maximum atomic E-state index is 12.3. The first kappa shape index (κ1) is 17.6. The fourth-order valence-corrected chi connectivity index (χ4v) is 3.00. The number of aryl methyl sites for hydroxylation is 2. The number of benzene rings is 1. The average Bonchev–Trinajstić information content (AvgIpc) is 3.12. The molecule has 136 valence electrons. The molecule has 9 heteroatoms. The van der Waals surface area contributed by atoms with Gasteiger partial charge in [0.25, 0.3) is 11.6 Å². The Hall–Kier alpha value is -3.23. The van der Waals surface area contributed by atoms with Crippen molar-refractivity contribution in [1.29, 1.82) is 0 Å². The van der Waals surface area contributed by atoms with E-state index in [1.807, 2.05) is 24.8 Å². The van der Waals surface area contributed by atoms with Crippen LogP contribution in [0.5, 0.6) is 0 Å². The van der Waals surface area contributed by atoms with Crippen LogP contribution in [0, 0.1) is 24.0 Å². The van der Waals surface area contributed by atoms with Gasteiger partial charge >= 0.3 is 0 Å². The Morgan fingerprint density at radius 2 is 1.81 bits per heavy atom. The standard InChI is InChI=1S/C17H20N6O3/c1-11-9-12(2)19-17(18-11)21-20-16(24)13-5-6-14(15(10-13)23(25)26)22-7-3-4-8-22/h5-6,9-10H,3-4,7-8H2,1-2H3,(H,20,24)(H,18,19,21). The van der Waals surface area contributed by atoms with Gasteiger partial charge in [0.1, 0.15) is 5.69 Å². The number of amides is 1. The van der Waals surface area contributed by atoms with E-state index in [-0.39, 0.29) is 17.2 Å². The molecule has 2 N–H and O–H groups in total. The summed E-state index contributed by atoms with van der Waals surface area (Å²) in [5.41, 5.74) is 7.32. The molecule has 0 unspecified atom stereocenters. The zero-order chi connectivity index (χ0) is 18.7. The molecule has 0 bridgehead atoms. The van der Waals surface area contributed by atoms with E-state index in [9.17, 15) is 14.9 Å². The Kier molecular flexibility index (Phi) is 4.97. The minimum Gasteiger partial charge on any atom is -0.366 e. The number of nitro groups is 1. The smallest absolute Gasteiger partial charge is 0.293 e. The van der Waals surface area contributed by atoms with Gasteiger partial charge < -0.3 is 4.90 Å². The zero-order valence-electron chi connectivity index (χ0n) is 14.7. The molecule has 26 heavy (non-hydrogen) atoms. The van der Waals surface area contributed by atoms with Gasteiger partial charge in [-0.3, -0.25) is 25.8 Å². The Morgan fingerprint density at radius 3 is 2.42 bits per heavy atom. The quantitative estimate of drug-likeness (QED) is 0.624. The van der Waals surface area contributed by atoms with E-state index in [2.05, 4.69) is 20.8 Å². The SMILES string of the molecule is Cc1cc(C)nc(NNC(=O)c2ccc(N3CCCC3)c([N+](=O)[O-])c2)n1. The lowest BCUT2D eigenvalue weighted by atomic mass is 10.1. The van der Waals surface area contributed by atoms with Crippen molar-refractivity contribution in [3.63, 3.8) is 0 Å². The monoisotopic (exact) mass is 356 g/mol. The summed E-state index contributed by atoms with van der Waals surface area (Å²) in [7, 11) is 0. The normalized spacial score (nSPS) is 13.5. The second-order valence-electron chi connectivity index (χ2n) is 6.21. The molecule has 1 aromatic carbocycles. The highest BCUT2D eigenvalue weighted by Crippen LogP contribution is 2.31. The summed E-state index contributed by atoms with van der Waals surface area (Å²) < 4.78 is 0. The number of carbonyl (C=O) groups is 1. The second kappa shape index (κ2) is 7.34. The van der Waals surface area contributed by atoms with Gasteiger partial charge in [0.2, 0.25) is 5.95 Å². The molecular weight excluding hydrogens is 336 g/mol. The van der Waals surface area contributed by atoms with E-state index < -0.39 is 10.8 Å². The first-order valence-electron chi connectivity index (χ1n) is 8.36. The molecule has 9 nitrogen and oxygen atoms in total. The number of carbonyl (C=O) groups excluding carboxylic acids is 1. The molecule has 1 fully saturated rings. The van der Waals surface area contributed by atoms with Crippen molar-refractivity contribution in [2.75, 3.05) is 23.4 Å². The number of nitrogens with zero attached hydrogens (tertiary/aromatic N) is 4. The first-order valence-corrected chi connectivity index (χ1v) is 8.36. The minimum atomic E-state index is -0.496. The largest absolute Gasteiger partial charge is 0.366 e. The van der Waals surface area contributed by atoms with Crippen LogP contribution in [0.3, 0.4) is 0 Å². The number of hydrogen-bond donors (Lipinski definition) is 2. The van der Waals surface area contributed by atoms with Crippen molar-refractivity contribution in [3.8, 4) is 0 Å². The third-order valence-electron chi connectivity index (χ3n) is 4.15. The summed E-state index contributed by atoms with van der Waals surface area (Å²) in [6.07, 6.45) is 2.03. The molecule has 2 aromatic rings. The Bertz CT molecular complexity index is 828. The van der Waals surface area contributed by atoms with Crippen LogP contribution in [0.15, 0.2) is 24.3 Å². The number of hydrogen-bond acceptors (Lipinski definition) is 7. The third kappa shape index (κ3) is 3.88. The van der Waals surface area contributed by atoms with Crippen molar-refractivity contribution in [2.24, 2.45) is 0 Å². The van der Waals surface area contributed by atoms with Gasteiger partial charge in [-0.15, -0.1) is 0 Å². The molecule has 2 heterocycles. The zero-order valence-corrected chi connectivity index (χ0v) is 14.7. The topological polar surface area (TPSA) is 113 Å². The van der Waals surface area contributed by atoms with Crippen LogP contribution in [0.1, 0.15) is 34.6 Å². The number of aromatic nitrogens is 2. The van der Waals surface area contributed by atoms with Gasteiger partial charge in [-0.05, 0) is 44.9 Å². The van der Waals surface area contributed by atoms with E-state index >= 15 is 0 Å². The molecule has 0 spiro atoms. The highest BCUT2D eigenvalue weighted by Gasteiger charge is 2.23. The molecule has 0 aliphatic carbocycles. The lowest BCUT2D eigenvalue weighted by Crippen LogP contribution is -2.30. The molecular formula is C17H20N6O3. The Balaban J connectivity index is 1.76. The highest BCUT2D eigenvalue weighted by molar-refractivity contribution is 5.96. The summed E-state index contributed by atoms with van der Waals surface area (Å²) in [6.45, 7) is 5.22. The maximum Gasteiger partial charge on any atom is 0.293 e. The van der Waals surface area contributed by atoms with E-state index in [0.29, 0.717) is 5.69 Å². The first-order chi connectivity index (χ1) is 12.4. The van der Waals surface area contributed by atoms with Gasteiger partial charge in [0.15, 0.2) is 0 Å². The number of anilines is 2. The number of rotatable bonds is 5. The molecule has 3 rings (SSSR count). The van der Waals surface area contributed by atoms with Crippen molar-refractivity contribution in [3.05, 3.63) is 51.3 Å². The molecule has 0 saturated carbocycles. The lowest BCUT2D eigenvalue weighted by Gasteiger charge is -2.17. The summed E-state index contributed by atoms with van der Waals surface area (Å²) in [5, 5.41) is 11.4. The molecule has 1 aromatic heterocycles. The van der Waals surface area contributed by atoms with Gasteiger partial charge in [-0.1, -0.05) is 0 Å². The van der Waals surface area contributed by atoms with Crippen LogP contribution in [0.4, 0.5) is 17.3 Å². The van der Waals surface area contributed by atoms with Crippen molar-refractivity contribution in [1.82, 2.24) is 15.4 Å². The fourth-order valence-electron chi connectivity index (χ4n) is 3.00.